The molecule has 5 rings (SSSR count). The standard InChI is InChI=1S/C29H32ClF3N6O3S/c30-26-15-22(29(31,32)33)16-27(37-26)38-8-10-39(11-9-38)43(41,42)25-6-4-24(5-7-25)36-28(40)21-3-1-2-19(12-21)17-35-18-20-13-23(34)14-20/h1-7,12,15-16,20,23,35H,8-11,13-14,17-18,34H2,(H,36,40). The lowest BCUT2D eigenvalue weighted by Gasteiger charge is -2.35. The van der Waals surface area contributed by atoms with Gasteiger partial charge >= 0.3 is 6.18 Å². The number of rotatable bonds is 9. The summed E-state index contributed by atoms with van der Waals surface area (Å²) in [5, 5.41) is 5.92. The van der Waals surface area contributed by atoms with Crippen molar-refractivity contribution < 1.29 is 26.4 Å². The maximum absolute atomic E-state index is 13.3. The molecule has 1 aliphatic carbocycles. The average Bonchev–Trinajstić information content (AvgIpc) is 2.96. The van der Waals surface area contributed by atoms with Crippen LogP contribution in [0, 0.1) is 5.92 Å². The van der Waals surface area contributed by atoms with Gasteiger partial charge in [-0.3, -0.25) is 4.79 Å². The van der Waals surface area contributed by atoms with E-state index in [1.807, 2.05) is 18.2 Å². The van der Waals surface area contributed by atoms with Gasteiger partial charge in [0.05, 0.1) is 10.5 Å². The van der Waals surface area contributed by atoms with Gasteiger partial charge < -0.3 is 21.3 Å². The van der Waals surface area contributed by atoms with E-state index in [2.05, 4.69) is 15.6 Å². The molecule has 2 heterocycles. The number of sulfonamides is 1. The van der Waals surface area contributed by atoms with E-state index < -0.39 is 21.8 Å². The van der Waals surface area contributed by atoms with Crippen LogP contribution in [-0.2, 0) is 22.7 Å². The number of hydrogen-bond donors (Lipinski definition) is 3. The van der Waals surface area contributed by atoms with Crippen molar-refractivity contribution in [2.45, 2.75) is 36.5 Å². The normalized spacial score (nSPS) is 19.6. The van der Waals surface area contributed by atoms with Gasteiger partial charge in [-0.05, 0) is 79.4 Å². The van der Waals surface area contributed by atoms with Crippen molar-refractivity contribution in [2.75, 3.05) is 42.9 Å². The molecule has 14 heteroatoms. The molecule has 1 aliphatic heterocycles. The minimum atomic E-state index is -4.58. The number of benzene rings is 2. The Morgan fingerprint density at radius 3 is 2.37 bits per heavy atom. The first-order valence-electron chi connectivity index (χ1n) is 13.8. The lowest BCUT2D eigenvalue weighted by atomic mass is 9.81. The summed E-state index contributed by atoms with van der Waals surface area (Å²) >= 11 is 5.80. The van der Waals surface area contributed by atoms with E-state index in [1.165, 1.54) is 28.6 Å². The first-order valence-corrected chi connectivity index (χ1v) is 15.7. The number of anilines is 2. The average molecular weight is 637 g/mol. The first kappa shape index (κ1) is 31.2. The van der Waals surface area contributed by atoms with Crippen LogP contribution >= 0.6 is 11.6 Å². The summed E-state index contributed by atoms with van der Waals surface area (Å²) in [4.78, 5) is 18.5. The van der Waals surface area contributed by atoms with Gasteiger partial charge in [-0.15, -0.1) is 0 Å². The van der Waals surface area contributed by atoms with Crippen LogP contribution in [0.4, 0.5) is 24.7 Å². The zero-order valence-corrected chi connectivity index (χ0v) is 24.7. The highest BCUT2D eigenvalue weighted by Gasteiger charge is 2.34. The number of pyridine rings is 1. The van der Waals surface area contributed by atoms with Crippen molar-refractivity contribution in [1.29, 1.82) is 0 Å². The second-order valence-corrected chi connectivity index (χ2v) is 13.2. The lowest BCUT2D eigenvalue weighted by Crippen LogP contribution is -2.49. The van der Waals surface area contributed by atoms with E-state index in [4.69, 9.17) is 17.3 Å². The Morgan fingerprint density at radius 2 is 1.72 bits per heavy atom. The monoisotopic (exact) mass is 636 g/mol. The predicted octanol–water partition coefficient (Wildman–Crippen LogP) is 4.34. The van der Waals surface area contributed by atoms with Crippen molar-refractivity contribution in [3.63, 3.8) is 0 Å². The molecule has 9 nitrogen and oxygen atoms in total. The van der Waals surface area contributed by atoms with Crippen LogP contribution in [-0.4, -0.2) is 62.4 Å². The molecule has 3 aromatic rings. The smallest absolute Gasteiger partial charge is 0.354 e. The fraction of sp³-hybridized carbons (Fsp3) is 0.379. The van der Waals surface area contributed by atoms with Crippen LogP contribution in [0.3, 0.4) is 0 Å². The number of carbonyl (C=O) groups excluding carboxylic acids is 1. The maximum atomic E-state index is 13.3. The number of halogens is 4. The highest BCUT2D eigenvalue weighted by atomic mass is 35.5. The third-order valence-electron chi connectivity index (χ3n) is 7.64. The molecule has 43 heavy (non-hydrogen) atoms. The molecule has 4 N–H and O–H groups in total. The largest absolute Gasteiger partial charge is 0.416 e. The summed E-state index contributed by atoms with van der Waals surface area (Å²) in [6, 6.07) is 15.1. The van der Waals surface area contributed by atoms with Gasteiger partial charge in [-0.1, -0.05) is 23.7 Å². The van der Waals surface area contributed by atoms with Gasteiger partial charge in [0.1, 0.15) is 11.0 Å². The highest BCUT2D eigenvalue weighted by molar-refractivity contribution is 7.89. The zero-order valence-electron chi connectivity index (χ0n) is 23.1. The Bertz CT molecular complexity index is 1560. The van der Waals surface area contributed by atoms with E-state index in [-0.39, 0.29) is 48.0 Å². The molecule has 2 aliphatic rings. The minimum Gasteiger partial charge on any atom is -0.354 e. The van der Waals surface area contributed by atoms with Crippen LogP contribution in [0.5, 0.6) is 0 Å². The summed E-state index contributed by atoms with van der Waals surface area (Å²) < 4.78 is 67.3. The molecular formula is C29H32ClF3N6O3S. The maximum Gasteiger partial charge on any atom is 0.416 e. The van der Waals surface area contributed by atoms with Crippen molar-refractivity contribution in [1.82, 2.24) is 14.6 Å². The number of nitrogens with zero attached hydrogens (tertiary/aromatic N) is 3. The number of aromatic nitrogens is 1. The summed E-state index contributed by atoms with van der Waals surface area (Å²) in [7, 11) is -3.87. The molecular weight excluding hydrogens is 605 g/mol. The number of nitrogens with one attached hydrogen (secondary N) is 2. The molecule has 1 saturated heterocycles. The Balaban J connectivity index is 1.16. The first-order chi connectivity index (χ1) is 20.4. The van der Waals surface area contributed by atoms with E-state index in [9.17, 15) is 26.4 Å². The molecule has 0 unspecified atom stereocenters. The molecule has 0 bridgehead atoms. The Kier molecular flexibility index (Phi) is 9.28. The summed E-state index contributed by atoms with van der Waals surface area (Å²) in [5.74, 6) is 0.318. The number of piperazine rings is 1. The van der Waals surface area contributed by atoms with Crippen LogP contribution in [0.25, 0.3) is 0 Å². The number of alkyl halides is 3. The highest BCUT2D eigenvalue weighted by Crippen LogP contribution is 2.33. The third kappa shape index (κ3) is 7.65. The SMILES string of the molecule is NC1CC(CNCc2cccc(C(=O)Nc3ccc(S(=O)(=O)N4CCN(c5cc(C(F)(F)F)cc(Cl)n5)CC4)cc3)c2)C1. The van der Waals surface area contributed by atoms with E-state index in [0.717, 1.165) is 37.1 Å². The molecule has 230 valence electrons. The fourth-order valence-electron chi connectivity index (χ4n) is 5.23. The Morgan fingerprint density at radius 1 is 1.02 bits per heavy atom. The van der Waals surface area contributed by atoms with Crippen LogP contribution in [0.1, 0.15) is 34.3 Å². The summed E-state index contributed by atoms with van der Waals surface area (Å²) in [6.07, 6.45) is -2.52. The molecule has 0 radical (unpaired) electrons. The van der Waals surface area contributed by atoms with Gasteiger partial charge in [0, 0.05) is 50.0 Å². The molecule has 0 atom stereocenters. The molecule has 2 aromatic carbocycles. The van der Waals surface area contributed by atoms with Crippen molar-refractivity contribution in [2.24, 2.45) is 11.7 Å². The van der Waals surface area contributed by atoms with Gasteiger partial charge in [0.25, 0.3) is 5.91 Å². The van der Waals surface area contributed by atoms with E-state index in [1.54, 1.807) is 11.0 Å². The number of amides is 1. The number of nitrogens with two attached hydrogens (primary N) is 1. The summed E-state index contributed by atoms with van der Waals surface area (Å²) in [6.45, 7) is 1.91. The summed E-state index contributed by atoms with van der Waals surface area (Å²) in [5.41, 5.74) is 6.81. The Hall–Kier alpha value is -3.23. The lowest BCUT2D eigenvalue weighted by molar-refractivity contribution is -0.137. The van der Waals surface area contributed by atoms with Gasteiger partial charge in [0.15, 0.2) is 0 Å². The van der Waals surface area contributed by atoms with Gasteiger partial charge in [-0.25, -0.2) is 13.4 Å². The molecule has 1 aromatic heterocycles. The molecule has 1 saturated carbocycles. The fourth-order valence-corrected chi connectivity index (χ4v) is 6.85. The quantitative estimate of drug-likeness (QED) is 0.299. The van der Waals surface area contributed by atoms with Gasteiger partial charge in [0.2, 0.25) is 10.0 Å². The minimum absolute atomic E-state index is 0.0395. The van der Waals surface area contributed by atoms with Crippen molar-refractivity contribution in [3.8, 4) is 0 Å². The molecule has 0 spiro atoms. The third-order valence-corrected chi connectivity index (χ3v) is 9.75. The second-order valence-electron chi connectivity index (χ2n) is 10.8. The second kappa shape index (κ2) is 12.8. The molecule has 1 amide bonds. The van der Waals surface area contributed by atoms with Crippen LogP contribution < -0.4 is 21.3 Å². The van der Waals surface area contributed by atoms with Crippen LogP contribution in [0.2, 0.25) is 5.15 Å². The number of hydrogen-bond acceptors (Lipinski definition) is 7. The van der Waals surface area contributed by atoms with Gasteiger partial charge in [-0.2, -0.15) is 17.5 Å². The van der Waals surface area contributed by atoms with Crippen molar-refractivity contribution in [3.05, 3.63) is 82.5 Å². The predicted molar refractivity (Wildman–Crippen MR) is 158 cm³/mol. The molecule has 2 fully saturated rings. The van der Waals surface area contributed by atoms with E-state index >= 15 is 0 Å². The Labute approximate surface area is 253 Å². The topological polar surface area (TPSA) is 121 Å². The number of carbonyl (C=O) groups is 1. The van der Waals surface area contributed by atoms with Crippen molar-refractivity contribution >= 4 is 39.0 Å². The zero-order chi connectivity index (χ0) is 30.8. The van der Waals surface area contributed by atoms with Crippen LogP contribution in [0.15, 0.2) is 65.6 Å². The van der Waals surface area contributed by atoms with E-state index in [0.29, 0.717) is 29.8 Å².